The molecule has 0 aromatic heterocycles. The van der Waals surface area contributed by atoms with E-state index >= 15 is 0 Å². The van der Waals surface area contributed by atoms with Crippen molar-refractivity contribution in [1.29, 1.82) is 0 Å². The van der Waals surface area contributed by atoms with Gasteiger partial charge in [0, 0.05) is 6.04 Å². The molecule has 0 spiro atoms. The Balaban J connectivity index is 2.27. The van der Waals surface area contributed by atoms with Crippen LogP contribution in [0.25, 0.3) is 0 Å². The molecular weight excluding hydrogens is 271 g/mol. The zero-order valence-corrected chi connectivity index (χ0v) is 11.0. The van der Waals surface area contributed by atoms with Crippen molar-refractivity contribution in [2.75, 3.05) is 13.6 Å². The average Bonchev–Trinajstić information content (AvgIpc) is 2.38. The molecule has 110 valence electrons. The lowest BCUT2D eigenvalue weighted by atomic mass is 9.87. The second-order valence-electron chi connectivity index (χ2n) is 5.18. The van der Waals surface area contributed by atoms with Crippen LogP contribution in [0.15, 0.2) is 24.3 Å². The molecule has 2 atom stereocenters. The highest BCUT2D eigenvalue weighted by molar-refractivity contribution is 5.70. The van der Waals surface area contributed by atoms with E-state index in [1.165, 1.54) is 6.07 Å². The van der Waals surface area contributed by atoms with Gasteiger partial charge in [0.1, 0.15) is 0 Å². The number of likely N-dealkylation sites (tertiary alicyclic amines) is 1. The lowest BCUT2D eigenvalue weighted by molar-refractivity contribution is -0.144. The number of piperidine rings is 1. The van der Waals surface area contributed by atoms with Gasteiger partial charge in [0.15, 0.2) is 0 Å². The van der Waals surface area contributed by atoms with Crippen molar-refractivity contribution in [3.63, 3.8) is 0 Å². The maximum atomic E-state index is 12.7. The third-order valence-electron chi connectivity index (χ3n) is 3.82. The first kappa shape index (κ1) is 14.8. The van der Waals surface area contributed by atoms with Gasteiger partial charge in [0.05, 0.1) is 11.5 Å². The maximum Gasteiger partial charge on any atom is 0.416 e. The van der Waals surface area contributed by atoms with Crippen molar-refractivity contribution in [2.45, 2.75) is 25.1 Å². The number of benzene rings is 1. The number of nitrogens with zero attached hydrogens (tertiary/aromatic N) is 1. The van der Waals surface area contributed by atoms with Crippen LogP contribution in [0.4, 0.5) is 13.2 Å². The number of carboxylic acid groups (broad SMARTS) is 1. The molecule has 1 aliphatic rings. The molecule has 20 heavy (non-hydrogen) atoms. The third kappa shape index (κ3) is 3.12. The monoisotopic (exact) mass is 287 g/mol. The van der Waals surface area contributed by atoms with Crippen molar-refractivity contribution >= 4 is 5.97 Å². The Morgan fingerprint density at radius 1 is 1.40 bits per heavy atom. The highest BCUT2D eigenvalue weighted by Gasteiger charge is 2.34. The molecule has 0 radical (unpaired) electrons. The fraction of sp³-hybridized carbons (Fsp3) is 0.500. The van der Waals surface area contributed by atoms with Crippen molar-refractivity contribution in [3.05, 3.63) is 35.4 Å². The van der Waals surface area contributed by atoms with E-state index in [4.69, 9.17) is 5.11 Å². The predicted molar refractivity (Wildman–Crippen MR) is 67.2 cm³/mol. The summed E-state index contributed by atoms with van der Waals surface area (Å²) in [5.41, 5.74) is -0.172. The van der Waals surface area contributed by atoms with Gasteiger partial charge in [-0.25, -0.2) is 0 Å². The van der Waals surface area contributed by atoms with Gasteiger partial charge in [0.2, 0.25) is 0 Å². The van der Waals surface area contributed by atoms with Crippen molar-refractivity contribution in [1.82, 2.24) is 4.90 Å². The van der Waals surface area contributed by atoms with Gasteiger partial charge in [-0.1, -0.05) is 12.1 Å². The van der Waals surface area contributed by atoms with E-state index < -0.39 is 23.6 Å². The van der Waals surface area contributed by atoms with Crippen LogP contribution < -0.4 is 0 Å². The van der Waals surface area contributed by atoms with Gasteiger partial charge in [-0.3, -0.25) is 9.69 Å². The van der Waals surface area contributed by atoms with Crippen LogP contribution >= 0.6 is 0 Å². The highest BCUT2D eigenvalue weighted by Crippen LogP contribution is 2.36. The van der Waals surface area contributed by atoms with Crippen molar-refractivity contribution < 1.29 is 23.1 Å². The maximum absolute atomic E-state index is 12.7. The van der Waals surface area contributed by atoms with Crippen molar-refractivity contribution in [2.24, 2.45) is 5.92 Å². The molecule has 0 amide bonds. The fourth-order valence-corrected chi connectivity index (χ4v) is 2.62. The molecule has 1 aromatic carbocycles. The SMILES string of the molecule is CN1CCC(C(=O)O)CC1c1cccc(C(F)(F)F)c1. The summed E-state index contributed by atoms with van der Waals surface area (Å²) in [6.45, 7) is 0.567. The van der Waals surface area contributed by atoms with Crippen LogP contribution in [0.1, 0.15) is 30.0 Å². The summed E-state index contributed by atoms with van der Waals surface area (Å²) in [5.74, 6) is -1.37. The lowest BCUT2D eigenvalue weighted by Gasteiger charge is -2.36. The zero-order valence-electron chi connectivity index (χ0n) is 11.0. The molecule has 1 fully saturated rings. The highest BCUT2D eigenvalue weighted by atomic mass is 19.4. The normalized spacial score (nSPS) is 24.6. The number of halogens is 3. The molecule has 3 nitrogen and oxygen atoms in total. The molecule has 0 aliphatic carbocycles. The van der Waals surface area contributed by atoms with E-state index in [1.807, 2.05) is 11.9 Å². The van der Waals surface area contributed by atoms with E-state index in [1.54, 1.807) is 6.07 Å². The van der Waals surface area contributed by atoms with Crippen LogP contribution in [-0.2, 0) is 11.0 Å². The van der Waals surface area contributed by atoms with Gasteiger partial charge in [-0.05, 0) is 44.1 Å². The van der Waals surface area contributed by atoms with Gasteiger partial charge in [-0.15, -0.1) is 0 Å². The van der Waals surface area contributed by atoms with Gasteiger partial charge in [0.25, 0.3) is 0 Å². The van der Waals surface area contributed by atoms with Crippen LogP contribution in [0.3, 0.4) is 0 Å². The second-order valence-corrected chi connectivity index (χ2v) is 5.18. The topological polar surface area (TPSA) is 40.5 Å². The molecule has 2 rings (SSSR count). The molecule has 1 aromatic rings. The van der Waals surface area contributed by atoms with Gasteiger partial charge >= 0.3 is 12.1 Å². The largest absolute Gasteiger partial charge is 0.481 e. The van der Waals surface area contributed by atoms with E-state index in [2.05, 4.69) is 0 Å². The Morgan fingerprint density at radius 2 is 2.10 bits per heavy atom. The standard InChI is InChI=1S/C14H16F3NO2/c1-18-6-5-10(13(19)20)8-12(18)9-3-2-4-11(7-9)14(15,16)17/h2-4,7,10,12H,5-6,8H2,1H3,(H,19,20). The molecule has 1 heterocycles. The number of hydrogen-bond acceptors (Lipinski definition) is 2. The third-order valence-corrected chi connectivity index (χ3v) is 3.82. The lowest BCUT2D eigenvalue weighted by Crippen LogP contribution is -2.36. The molecule has 1 saturated heterocycles. The number of rotatable bonds is 2. The Hall–Kier alpha value is -1.56. The summed E-state index contributed by atoms with van der Waals surface area (Å²) >= 11 is 0. The van der Waals surface area contributed by atoms with E-state index in [0.717, 1.165) is 12.1 Å². The minimum Gasteiger partial charge on any atom is -0.481 e. The van der Waals surface area contributed by atoms with Gasteiger partial charge < -0.3 is 5.11 Å². The quantitative estimate of drug-likeness (QED) is 0.908. The number of alkyl halides is 3. The Bertz CT molecular complexity index is 501. The summed E-state index contributed by atoms with van der Waals surface area (Å²) in [6.07, 6.45) is -3.51. The predicted octanol–water partition coefficient (Wildman–Crippen LogP) is 3.17. The molecule has 0 saturated carbocycles. The Labute approximate surface area is 115 Å². The smallest absolute Gasteiger partial charge is 0.416 e. The molecule has 1 aliphatic heterocycles. The summed E-state index contributed by atoms with van der Waals surface area (Å²) in [7, 11) is 1.81. The summed E-state index contributed by atoms with van der Waals surface area (Å²) in [6, 6.07) is 4.86. The second kappa shape index (κ2) is 5.44. The first-order valence-corrected chi connectivity index (χ1v) is 6.39. The molecular formula is C14H16F3NO2. The van der Waals surface area contributed by atoms with Crippen LogP contribution in [0.5, 0.6) is 0 Å². The van der Waals surface area contributed by atoms with Crippen molar-refractivity contribution in [3.8, 4) is 0 Å². The molecule has 6 heteroatoms. The number of carbonyl (C=O) groups is 1. The zero-order chi connectivity index (χ0) is 14.9. The van der Waals surface area contributed by atoms with Crippen LogP contribution in [0, 0.1) is 5.92 Å². The number of carboxylic acids is 1. The summed E-state index contributed by atoms with van der Waals surface area (Å²) in [4.78, 5) is 13.0. The van der Waals surface area contributed by atoms with Crippen LogP contribution in [-0.4, -0.2) is 29.6 Å². The fourth-order valence-electron chi connectivity index (χ4n) is 2.62. The molecule has 1 N–H and O–H groups in total. The first-order valence-electron chi connectivity index (χ1n) is 6.39. The first-order chi connectivity index (χ1) is 9.29. The number of hydrogen-bond donors (Lipinski definition) is 1. The minimum absolute atomic E-state index is 0.285. The van der Waals surface area contributed by atoms with E-state index in [9.17, 15) is 18.0 Å². The van der Waals surface area contributed by atoms with E-state index in [0.29, 0.717) is 24.9 Å². The minimum atomic E-state index is -4.38. The summed E-state index contributed by atoms with van der Waals surface area (Å²) < 4.78 is 38.2. The van der Waals surface area contributed by atoms with Crippen LogP contribution in [0.2, 0.25) is 0 Å². The molecule has 0 bridgehead atoms. The molecule has 2 unspecified atom stereocenters. The average molecular weight is 287 g/mol. The van der Waals surface area contributed by atoms with E-state index in [-0.39, 0.29) is 6.04 Å². The Morgan fingerprint density at radius 3 is 2.70 bits per heavy atom. The summed E-state index contributed by atoms with van der Waals surface area (Å²) in [5, 5.41) is 9.07. The van der Waals surface area contributed by atoms with Gasteiger partial charge in [-0.2, -0.15) is 13.2 Å². The number of aliphatic carboxylic acids is 1. The Kier molecular flexibility index (Phi) is 4.04.